The van der Waals surface area contributed by atoms with Gasteiger partial charge >= 0.3 is 0 Å². The van der Waals surface area contributed by atoms with Gasteiger partial charge in [0.2, 0.25) is 0 Å². The molecule has 8 rings (SSSR count). The van der Waals surface area contributed by atoms with Crippen LogP contribution in [0.5, 0.6) is 17.2 Å². The maximum Gasteiger partial charge on any atom is 0.135 e. The standard InChI is InChI=1S/C43H45NO4/c1-41(2)25-42(3,4)27-43(26-41)36-8-6-5-7-32(36)40-35-22-39(48-31-15-9-28(24-45)10-16-31)33(21-34(35)38(46)23-37(40)43)29-11-13-30(14-12-29)44-17-19-47-20-18-44/h5-16,21-23,45-46H,17-20,24-27H2,1-4H3. The van der Waals surface area contributed by atoms with Crippen LogP contribution in [0.4, 0.5) is 5.69 Å². The first-order valence-electron chi connectivity index (χ1n) is 17.3. The van der Waals surface area contributed by atoms with E-state index in [4.69, 9.17) is 9.47 Å². The fraction of sp³-hybridized carbons (Fsp3) is 0.349. The van der Waals surface area contributed by atoms with Crippen molar-refractivity contribution in [2.45, 2.75) is 59.0 Å². The zero-order chi connectivity index (χ0) is 33.3. The number of nitrogens with zero attached hydrogens (tertiary/aromatic N) is 1. The molecule has 0 unspecified atom stereocenters. The van der Waals surface area contributed by atoms with E-state index in [2.05, 4.69) is 99.3 Å². The summed E-state index contributed by atoms with van der Waals surface area (Å²) in [5.74, 6) is 1.73. The van der Waals surface area contributed by atoms with Crippen LogP contribution in [0.15, 0.2) is 91.0 Å². The Labute approximate surface area is 283 Å². The second kappa shape index (κ2) is 11.4. The second-order valence-electron chi connectivity index (χ2n) is 15.7. The summed E-state index contributed by atoms with van der Waals surface area (Å²) in [6.45, 7) is 12.8. The van der Waals surface area contributed by atoms with E-state index in [0.717, 1.165) is 72.4 Å². The number of aliphatic hydroxyl groups excluding tert-OH is 1. The van der Waals surface area contributed by atoms with Crippen molar-refractivity contribution in [3.63, 3.8) is 0 Å². The summed E-state index contributed by atoms with van der Waals surface area (Å²) in [6.07, 6.45) is 3.23. The molecule has 246 valence electrons. The fourth-order valence-electron chi connectivity index (χ4n) is 9.63. The van der Waals surface area contributed by atoms with Crippen molar-refractivity contribution in [1.82, 2.24) is 0 Å². The number of morpholine rings is 1. The number of anilines is 1. The molecule has 5 aromatic rings. The highest BCUT2D eigenvalue weighted by Gasteiger charge is 2.53. The normalized spacial score (nSPS) is 18.9. The average molecular weight is 640 g/mol. The number of phenolic OH excluding ortho intramolecular Hbond substituents is 1. The van der Waals surface area contributed by atoms with Crippen molar-refractivity contribution >= 4 is 16.5 Å². The van der Waals surface area contributed by atoms with Crippen LogP contribution < -0.4 is 9.64 Å². The van der Waals surface area contributed by atoms with Crippen LogP contribution in [0.25, 0.3) is 33.0 Å². The van der Waals surface area contributed by atoms with Crippen molar-refractivity contribution in [1.29, 1.82) is 0 Å². The number of hydrogen-bond donors (Lipinski definition) is 2. The summed E-state index contributed by atoms with van der Waals surface area (Å²) >= 11 is 0. The van der Waals surface area contributed by atoms with Gasteiger partial charge in [-0.25, -0.2) is 0 Å². The highest BCUT2D eigenvalue weighted by atomic mass is 16.5. The smallest absolute Gasteiger partial charge is 0.135 e. The van der Waals surface area contributed by atoms with Gasteiger partial charge in [0, 0.05) is 35.1 Å². The second-order valence-corrected chi connectivity index (χ2v) is 15.7. The molecule has 1 saturated heterocycles. The van der Waals surface area contributed by atoms with Gasteiger partial charge in [-0.1, -0.05) is 76.2 Å². The highest BCUT2D eigenvalue weighted by molar-refractivity contribution is 6.07. The Kier molecular flexibility index (Phi) is 7.35. The molecule has 48 heavy (non-hydrogen) atoms. The lowest BCUT2D eigenvalue weighted by Gasteiger charge is -2.51. The Morgan fingerprint density at radius 3 is 2.10 bits per heavy atom. The number of ether oxygens (including phenoxy) is 2. The van der Waals surface area contributed by atoms with E-state index < -0.39 is 0 Å². The molecule has 0 radical (unpaired) electrons. The molecular weight excluding hydrogens is 594 g/mol. The lowest BCUT2D eigenvalue weighted by atomic mass is 9.52. The first-order valence-corrected chi connectivity index (χ1v) is 17.3. The van der Waals surface area contributed by atoms with Gasteiger partial charge in [-0.05, 0) is 111 Å². The number of fused-ring (bicyclic) bond motifs is 7. The number of rotatable bonds is 5. The predicted molar refractivity (Wildman–Crippen MR) is 194 cm³/mol. The summed E-state index contributed by atoms with van der Waals surface area (Å²) in [5.41, 5.74) is 9.12. The predicted octanol–water partition coefficient (Wildman–Crippen LogP) is 9.84. The van der Waals surface area contributed by atoms with Gasteiger partial charge in [0.15, 0.2) is 0 Å². The molecular formula is C43H45NO4. The molecule has 3 aliphatic rings. The molecule has 0 atom stereocenters. The van der Waals surface area contributed by atoms with Crippen LogP contribution in [-0.4, -0.2) is 36.5 Å². The molecule has 5 heteroatoms. The van der Waals surface area contributed by atoms with Crippen molar-refractivity contribution in [3.8, 4) is 39.5 Å². The zero-order valence-corrected chi connectivity index (χ0v) is 28.5. The van der Waals surface area contributed by atoms with Crippen molar-refractivity contribution in [2.75, 3.05) is 31.2 Å². The van der Waals surface area contributed by atoms with Crippen LogP contribution in [0.2, 0.25) is 0 Å². The molecule has 2 fully saturated rings. The van der Waals surface area contributed by atoms with Crippen LogP contribution in [0, 0.1) is 10.8 Å². The third kappa shape index (κ3) is 5.24. The molecule has 1 saturated carbocycles. The third-order valence-electron chi connectivity index (χ3n) is 10.8. The summed E-state index contributed by atoms with van der Waals surface area (Å²) in [7, 11) is 0. The Morgan fingerprint density at radius 2 is 1.42 bits per heavy atom. The highest BCUT2D eigenvalue weighted by Crippen LogP contribution is 2.65. The monoisotopic (exact) mass is 639 g/mol. The Hall–Kier alpha value is -4.32. The minimum Gasteiger partial charge on any atom is -0.507 e. The molecule has 1 spiro atoms. The summed E-state index contributed by atoms with van der Waals surface area (Å²) < 4.78 is 12.3. The summed E-state index contributed by atoms with van der Waals surface area (Å²) in [6, 6.07) is 31.5. The van der Waals surface area contributed by atoms with E-state index in [1.807, 2.05) is 24.3 Å². The average Bonchev–Trinajstić information content (AvgIpc) is 3.31. The maximum atomic E-state index is 11.9. The number of aliphatic hydroxyl groups is 1. The Bertz CT molecular complexity index is 1990. The number of aromatic hydroxyl groups is 1. The Balaban J connectivity index is 1.33. The molecule has 2 aliphatic carbocycles. The van der Waals surface area contributed by atoms with Gasteiger partial charge < -0.3 is 24.6 Å². The quantitative estimate of drug-likeness (QED) is 0.200. The van der Waals surface area contributed by atoms with Crippen molar-refractivity contribution < 1.29 is 19.7 Å². The van der Waals surface area contributed by atoms with Gasteiger partial charge in [0.05, 0.1) is 19.8 Å². The van der Waals surface area contributed by atoms with E-state index in [9.17, 15) is 10.2 Å². The van der Waals surface area contributed by atoms with E-state index in [-0.39, 0.29) is 22.9 Å². The van der Waals surface area contributed by atoms with Crippen LogP contribution in [0.1, 0.15) is 63.6 Å². The largest absolute Gasteiger partial charge is 0.507 e. The van der Waals surface area contributed by atoms with E-state index >= 15 is 0 Å². The fourth-order valence-corrected chi connectivity index (χ4v) is 9.63. The topological polar surface area (TPSA) is 62.2 Å². The van der Waals surface area contributed by atoms with E-state index in [0.29, 0.717) is 11.5 Å². The lowest BCUT2D eigenvalue weighted by molar-refractivity contribution is 0.0645. The number of benzene rings is 5. The minimum atomic E-state index is -0.183. The minimum absolute atomic E-state index is 0.0167. The van der Waals surface area contributed by atoms with E-state index in [1.165, 1.54) is 34.4 Å². The van der Waals surface area contributed by atoms with Crippen molar-refractivity contribution in [2.24, 2.45) is 10.8 Å². The van der Waals surface area contributed by atoms with Gasteiger partial charge in [0.1, 0.15) is 17.2 Å². The molecule has 5 aromatic carbocycles. The number of phenols is 1. The molecule has 0 aromatic heterocycles. The first-order chi connectivity index (χ1) is 23.1. The molecule has 2 N–H and O–H groups in total. The maximum absolute atomic E-state index is 11.9. The summed E-state index contributed by atoms with van der Waals surface area (Å²) in [4.78, 5) is 2.35. The molecule has 1 aliphatic heterocycles. The molecule has 5 nitrogen and oxygen atoms in total. The van der Waals surface area contributed by atoms with E-state index in [1.54, 1.807) is 0 Å². The molecule has 1 heterocycles. The molecule has 0 bridgehead atoms. The number of hydrogen-bond acceptors (Lipinski definition) is 5. The van der Waals surface area contributed by atoms with Crippen LogP contribution >= 0.6 is 0 Å². The van der Waals surface area contributed by atoms with Gasteiger partial charge in [-0.2, -0.15) is 0 Å². The lowest BCUT2D eigenvalue weighted by Crippen LogP contribution is -2.43. The van der Waals surface area contributed by atoms with Gasteiger partial charge in [-0.15, -0.1) is 0 Å². The van der Waals surface area contributed by atoms with Gasteiger partial charge in [-0.3, -0.25) is 0 Å². The van der Waals surface area contributed by atoms with Gasteiger partial charge in [0.25, 0.3) is 0 Å². The summed E-state index contributed by atoms with van der Waals surface area (Å²) in [5, 5.41) is 23.4. The first kappa shape index (κ1) is 31.0. The van der Waals surface area contributed by atoms with Crippen LogP contribution in [0.3, 0.4) is 0 Å². The molecule has 0 amide bonds. The zero-order valence-electron chi connectivity index (χ0n) is 28.5. The Morgan fingerprint density at radius 1 is 0.729 bits per heavy atom. The third-order valence-corrected chi connectivity index (χ3v) is 10.8. The van der Waals surface area contributed by atoms with Crippen LogP contribution in [-0.2, 0) is 16.8 Å². The van der Waals surface area contributed by atoms with Crippen molar-refractivity contribution in [3.05, 3.63) is 108 Å². The SMILES string of the molecule is CC1(C)CC(C)(C)CC2(C1)c1ccccc1-c1c2cc(O)c2cc(-c3ccc(N4CCOCC4)cc3)c(Oc3ccc(CO)cc3)cc12.